The molecule has 0 bridgehead atoms. The summed E-state index contributed by atoms with van der Waals surface area (Å²) in [6.07, 6.45) is 7.85. The summed E-state index contributed by atoms with van der Waals surface area (Å²) in [5.74, 6) is 1.01. The standard InChI is InChI=1S/C15H22N2O/c16-10-14-9-11-8-13(6-7-15(11)18-14)17-12-4-2-1-3-5-12/h6-8,12,14,17H,1-5,9-10,16H2. The molecule has 0 saturated heterocycles. The Labute approximate surface area is 109 Å². The highest BCUT2D eigenvalue weighted by molar-refractivity contribution is 5.53. The average molecular weight is 246 g/mol. The molecule has 1 aromatic rings. The van der Waals surface area contributed by atoms with E-state index in [1.807, 2.05) is 0 Å². The number of benzene rings is 1. The lowest BCUT2D eigenvalue weighted by Gasteiger charge is -2.24. The molecule has 1 atom stereocenters. The van der Waals surface area contributed by atoms with E-state index >= 15 is 0 Å². The van der Waals surface area contributed by atoms with E-state index < -0.39 is 0 Å². The van der Waals surface area contributed by atoms with Crippen LogP contribution in [0.5, 0.6) is 5.75 Å². The van der Waals surface area contributed by atoms with Crippen molar-refractivity contribution in [3.8, 4) is 5.75 Å². The Morgan fingerprint density at radius 3 is 2.83 bits per heavy atom. The van der Waals surface area contributed by atoms with E-state index in [-0.39, 0.29) is 6.10 Å². The summed E-state index contributed by atoms with van der Waals surface area (Å²) in [4.78, 5) is 0. The summed E-state index contributed by atoms with van der Waals surface area (Å²) in [5, 5.41) is 3.66. The fourth-order valence-electron chi connectivity index (χ4n) is 3.02. The molecule has 98 valence electrons. The summed E-state index contributed by atoms with van der Waals surface area (Å²) >= 11 is 0. The monoisotopic (exact) mass is 246 g/mol. The third-order valence-corrected chi connectivity index (χ3v) is 4.04. The van der Waals surface area contributed by atoms with Crippen molar-refractivity contribution in [1.29, 1.82) is 0 Å². The smallest absolute Gasteiger partial charge is 0.123 e. The Morgan fingerprint density at radius 2 is 2.06 bits per heavy atom. The van der Waals surface area contributed by atoms with Crippen molar-refractivity contribution < 1.29 is 4.74 Å². The van der Waals surface area contributed by atoms with Crippen LogP contribution in [0.2, 0.25) is 0 Å². The van der Waals surface area contributed by atoms with Crippen molar-refractivity contribution >= 4 is 5.69 Å². The van der Waals surface area contributed by atoms with Crippen LogP contribution >= 0.6 is 0 Å². The van der Waals surface area contributed by atoms with E-state index in [0.29, 0.717) is 12.6 Å². The summed E-state index contributed by atoms with van der Waals surface area (Å²) in [6, 6.07) is 7.10. The van der Waals surface area contributed by atoms with Gasteiger partial charge in [-0.25, -0.2) is 0 Å². The van der Waals surface area contributed by atoms with Gasteiger partial charge in [0.15, 0.2) is 0 Å². The van der Waals surface area contributed by atoms with Crippen LogP contribution in [0.15, 0.2) is 18.2 Å². The highest BCUT2D eigenvalue weighted by Gasteiger charge is 2.22. The van der Waals surface area contributed by atoms with Gasteiger partial charge in [0.05, 0.1) is 0 Å². The number of anilines is 1. The van der Waals surface area contributed by atoms with E-state index in [2.05, 4.69) is 23.5 Å². The molecule has 1 saturated carbocycles. The van der Waals surface area contributed by atoms with E-state index in [0.717, 1.165) is 12.2 Å². The molecule has 1 unspecified atom stereocenters. The van der Waals surface area contributed by atoms with Crippen LogP contribution in [0.4, 0.5) is 5.69 Å². The zero-order valence-electron chi connectivity index (χ0n) is 10.8. The highest BCUT2D eigenvalue weighted by Crippen LogP contribution is 2.32. The molecule has 3 rings (SSSR count). The van der Waals surface area contributed by atoms with Crippen LogP contribution in [0, 0.1) is 0 Å². The summed E-state index contributed by atoms with van der Waals surface area (Å²) in [6.45, 7) is 0.597. The SMILES string of the molecule is NCC1Cc2cc(NC3CCCCC3)ccc2O1. The number of fused-ring (bicyclic) bond motifs is 1. The average Bonchev–Trinajstić information content (AvgIpc) is 2.82. The third-order valence-electron chi connectivity index (χ3n) is 4.04. The van der Waals surface area contributed by atoms with Crippen LogP contribution in [0.1, 0.15) is 37.7 Å². The molecule has 3 heteroatoms. The van der Waals surface area contributed by atoms with E-state index in [1.54, 1.807) is 0 Å². The summed E-state index contributed by atoms with van der Waals surface area (Å²) in [5.41, 5.74) is 8.20. The molecule has 1 aliphatic heterocycles. The third kappa shape index (κ3) is 2.46. The molecule has 1 aromatic carbocycles. The Balaban J connectivity index is 1.67. The van der Waals surface area contributed by atoms with Gasteiger partial charge in [0, 0.05) is 24.7 Å². The molecule has 18 heavy (non-hydrogen) atoms. The Hall–Kier alpha value is -1.22. The molecule has 1 fully saturated rings. The maximum Gasteiger partial charge on any atom is 0.123 e. The Kier molecular flexibility index (Phi) is 3.41. The van der Waals surface area contributed by atoms with Crippen LogP contribution in [0.25, 0.3) is 0 Å². The first-order valence-corrected chi connectivity index (χ1v) is 7.11. The molecular weight excluding hydrogens is 224 g/mol. The van der Waals surface area contributed by atoms with Gasteiger partial charge in [0.25, 0.3) is 0 Å². The number of nitrogens with one attached hydrogen (secondary N) is 1. The molecule has 0 aromatic heterocycles. The fourth-order valence-corrected chi connectivity index (χ4v) is 3.02. The molecule has 1 aliphatic carbocycles. The molecule has 0 amide bonds. The van der Waals surface area contributed by atoms with Gasteiger partial charge in [-0.1, -0.05) is 19.3 Å². The highest BCUT2D eigenvalue weighted by atomic mass is 16.5. The number of rotatable bonds is 3. The van der Waals surface area contributed by atoms with Crippen molar-refractivity contribution in [3.05, 3.63) is 23.8 Å². The van der Waals surface area contributed by atoms with E-state index in [1.165, 1.54) is 43.4 Å². The summed E-state index contributed by atoms with van der Waals surface area (Å²) in [7, 11) is 0. The quantitative estimate of drug-likeness (QED) is 0.862. The van der Waals surface area contributed by atoms with Gasteiger partial charge in [-0.05, 0) is 36.6 Å². The number of hydrogen-bond acceptors (Lipinski definition) is 3. The predicted octanol–water partition coefficient (Wildman–Crippen LogP) is 2.69. The minimum atomic E-state index is 0.171. The maximum atomic E-state index is 5.75. The van der Waals surface area contributed by atoms with Gasteiger partial charge in [0.2, 0.25) is 0 Å². The van der Waals surface area contributed by atoms with Crippen LogP contribution in [0.3, 0.4) is 0 Å². The van der Waals surface area contributed by atoms with Gasteiger partial charge in [-0.3, -0.25) is 0 Å². The van der Waals surface area contributed by atoms with Crippen LogP contribution < -0.4 is 15.8 Å². The van der Waals surface area contributed by atoms with Crippen molar-refractivity contribution in [2.75, 3.05) is 11.9 Å². The Bertz CT molecular complexity index is 413. The minimum Gasteiger partial charge on any atom is -0.488 e. The van der Waals surface area contributed by atoms with E-state index in [4.69, 9.17) is 10.5 Å². The minimum absolute atomic E-state index is 0.171. The van der Waals surface area contributed by atoms with Crippen LogP contribution in [-0.4, -0.2) is 18.7 Å². The first kappa shape index (κ1) is 11.8. The molecule has 3 N–H and O–H groups in total. The molecular formula is C15H22N2O. The number of nitrogens with two attached hydrogens (primary N) is 1. The second kappa shape index (κ2) is 5.19. The van der Waals surface area contributed by atoms with Gasteiger partial charge in [-0.15, -0.1) is 0 Å². The lowest BCUT2D eigenvalue weighted by atomic mass is 9.95. The predicted molar refractivity (Wildman–Crippen MR) is 74.1 cm³/mol. The zero-order chi connectivity index (χ0) is 12.4. The topological polar surface area (TPSA) is 47.3 Å². The molecule has 0 spiro atoms. The molecule has 3 nitrogen and oxygen atoms in total. The first-order chi connectivity index (χ1) is 8.85. The van der Waals surface area contributed by atoms with Gasteiger partial charge < -0.3 is 15.8 Å². The zero-order valence-corrected chi connectivity index (χ0v) is 10.8. The van der Waals surface area contributed by atoms with Gasteiger partial charge in [-0.2, -0.15) is 0 Å². The van der Waals surface area contributed by atoms with Crippen molar-refractivity contribution in [2.45, 2.75) is 50.7 Å². The second-order valence-corrected chi connectivity index (χ2v) is 5.48. The summed E-state index contributed by atoms with van der Waals surface area (Å²) < 4.78 is 5.75. The maximum absolute atomic E-state index is 5.75. The largest absolute Gasteiger partial charge is 0.488 e. The van der Waals surface area contributed by atoms with Crippen molar-refractivity contribution in [3.63, 3.8) is 0 Å². The first-order valence-electron chi connectivity index (χ1n) is 7.11. The lowest BCUT2D eigenvalue weighted by Crippen LogP contribution is -2.24. The molecule has 2 aliphatic rings. The second-order valence-electron chi connectivity index (χ2n) is 5.48. The van der Waals surface area contributed by atoms with Crippen LogP contribution in [-0.2, 0) is 6.42 Å². The normalized spacial score (nSPS) is 23.5. The van der Waals surface area contributed by atoms with E-state index in [9.17, 15) is 0 Å². The van der Waals surface area contributed by atoms with Gasteiger partial charge in [0.1, 0.15) is 11.9 Å². The lowest BCUT2D eigenvalue weighted by molar-refractivity contribution is 0.241. The number of hydrogen-bond donors (Lipinski definition) is 2. The van der Waals surface area contributed by atoms with Crippen molar-refractivity contribution in [2.24, 2.45) is 5.73 Å². The Morgan fingerprint density at radius 1 is 1.22 bits per heavy atom. The van der Waals surface area contributed by atoms with Gasteiger partial charge >= 0.3 is 0 Å². The molecule has 0 radical (unpaired) electrons. The molecule has 1 heterocycles. The fraction of sp³-hybridized carbons (Fsp3) is 0.600. The van der Waals surface area contributed by atoms with Crippen molar-refractivity contribution in [1.82, 2.24) is 0 Å². The number of ether oxygens (including phenoxy) is 1.